The number of rotatable bonds is 3. The number of halogens is 1. The molecule has 114 valence electrons. The van der Waals surface area contributed by atoms with Gasteiger partial charge in [0.15, 0.2) is 5.11 Å². The highest BCUT2D eigenvalue weighted by Crippen LogP contribution is 2.27. The number of nitro benzene ring substituents is 1. The SMILES string of the molecule is CC1CCCCC1NC(=S)Nc1cc([N+](=O)[O-])ccc1Cl. The summed E-state index contributed by atoms with van der Waals surface area (Å²) in [4.78, 5) is 10.3. The Balaban J connectivity index is 2.02. The molecule has 2 atom stereocenters. The highest BCUT2D eigenvalue weighted by atomic mass is 35.5. The molecular weight excluding hydrogens is 310 g/mol. The first-order valence-electron chi connectivity index (χ1n) is 6.99. The summed E-state index contributed by atoms with van der Waals surface area (Å²) in [6, 6.07) is 4.60. The lowest BCUT2D eigenvalue weighted by atomic mass is 9.86. The van der Waals surface area contributed by atoms with Crippen LogP contribution in [0.25, 0.3) is 0 Å². The van der Waals surface area contributed by atoms with Gasteiger partial charge in [0.25, 0.3) is 5.69 Å². The molecule has 0 radical (unpaired) electrons. The molecule has 0 saturated heterocycles. The van der Waals surface area contributed by atoms with Crippen LogP contribution in [0.15, 0.2) is 18.2 Å². The topological polar surface area (TPSA) is 67.2 Å². The van der Waals surface area contributed by atoms with Crippen molar-refractivity contribution in [2.75, 3.05) is 5.32 Å². The molecule has 0 amide bonds. The van der Waals surface area contributed by atoms with Crippen LogP contribution in [0.5, 0.6) is 0 Å². The Morgan fingerprint density at radius 1 is 1.43 bits per heavy atom. The van der Waals surface area contributed by atoms with E-state index in [1.807, 2.05) is 0 Å². The Bertz CT molecular complexity index is 553. The van der Waals surface area contributed by atoms with E-state index < -0.39 is 4.92 Å². The van der Waals surface area contributed by atoms with Crippen molar-refractivity contribution in [1.82, 2.24) is 5.32 Å². The second-order valence-corrected chi connectivity index (χ2v) is 6.20. The van der Waals surface area contributed by atoms with Crippen LogP contribution in [0, 0.1) is 16.0 Å². The van der Waals surface area contributed by atoms with E-state index >= 15 is 0 Å². The van der Waals surface area contributed by atoms with Gasteiger partial charge in [-0.15, -0.1) is 0 Å². The number of nitrogens with zero attached hydrogens (tertiary/aromatic N) is 1. The molecule has 7 heteroatoms. The van der Waals surface area contributed by atoms with Gasteiger partial charge in [-0.05, 0) is 37.0 Å². The highest BCUT2D eigenvalue weighted by Gasteiger charge is 2.22. The molecule has 1 aromatic carbocycles. The molecule has 2 unspecified atom stereocenters. The predicted octanol–water partition coefficient (Wildman–Crippen LogP) is 4.11. The summed E-state index contributed by atoms with van der Waals surface area (Å²) in [6.07, 6.45) is 4.74. The van der Waals surface area contributed by atoms with Crippen molar-refractivity contribution in [3.8, 4) is 0 Å². The van der Waals surface area contributed by atoms with E-state index in [-0.39, 0.29) is 5.69 Å². The Morgan fingerprint density at radius 2 is 2.14 bits per heavy atom. The summed E-state index contributed by atoms with van der Waals surface area (Å²) in [5, 5.41) is 17.9. The smallest absolute Gasteiger partial charge is 0.271 e. The van der Waals surface area contributed by atoms with E-state index in [1.165, 1.54) is 37.5 Å². The molecule has 0 aromatic heterocycles. The third kappa shape index (κ3) is 4.28. The van der Waals surface area contributed by atoms with Crippen molar-refractivity contribution in [2.24, 2.45) is 5.92 Å². The summed E-state index contributed by atoms with van der Waals surface area (Å²) in [7, 11) is 0. The van der Waals surface area contributed by atoms with Gasteiger partial charge in [0.05, 0.1) is 15.6 Å². The molecule has 5 nitrogen and oxygen atoms in total. The van der Waals surface area contributed by atoms with E-state index in [9.17, 15) is 10.1 Å². The normalized spacial score (nSPS) is 21.6. The van der Waals surface area contributed by atoms with Crippen molar-refractivity contribution in [3.63, 3.8) is 0 Å². The molecule has 2 rings (SSSR count). The summed E-state index contributed by atoms with van der Waals surface area (Å²) in [6.45, 7) is 2.21. The summed E-state index contributed by atoms with van der Waals surface area (Å²) in [5.74, 6) is 0.569. The predicted molar refractivity (Wildman–Crippen MR) is 88.9 cm³/mol. The number of hydrogen-bond acceptors (Lipinski definition) is 3. The minimum atomic E-state index is -0.457. The van der Waals surface area contributed by atoms with Gasteiger partial charge in [-0.3, -0.25) is 10.1 Å². The Hall–Kier alpha value is -1.40. The van der Waals surface area contributed by atoms with E-state index in [2.05, 4.69) is 17.6 Å². The average Bonchev–Trinajstić information content (AvgIpc) is 2.43. The van der Waals surface area contributed by atoms with Gasteiger partial charge in [-0.1, -0.05) is 31.4 Å². The molecule has 1 aliphatic rings. The first-order chi connectivity index (χ1) is 9.97. The van der Waals surface area contributed by atoms with E-state index in [1.54, 1.807) is 0 Å². The van der Waals surface area contributed by atoms with Gasteiger partial charge in [0.1, 0.15) is 0 Å². The van der Waals surface area contributed by atoms with E-state index in [0.717, 1.165) is 6.42 Å². The van der Waals surface area contributed by atoms with E-state index in [4.69, 9.17) is 23.8 Å². The van der Waals surface area contributed by atoms with Gasteiger partial charge in [-0.25, -0.2) is 0 Å². The summed E-state index contributed by atoms with van der Waals surface area (Å²) >= 11 is 11.3. The highest BCUT2D eigenvalue weighted by molar-refractivity contribution is 7.80. The average molecular weight is 328 g/mol. The fraction of sp³-hybridized carbons (Fsp3) is 0.500. The molecule has 2 N–H and O–H groups in total. The Labute approximate surface area is 134 Å². The number of anilines is 1. The number of thiocarbonyl (C=S) groups is 1. The molecule has 0 aliphatic heterocycles. The maximum atomic E-state index is 10.8. The molecule has 0 bridgehead atoms. The first-order valence-corrected chi connectivity index (χ1v) is 7.77. The molecule has 1 fully saturated rings. The minimum absolute atomic E-state index is 0.0178. The number of benzene rings is 1. The number of non-ortho nitro benzene ring substituents is 1. The van der Waals surface area contributed by atoms with Gasteiger partial charge in [-0.2, -0.15) is 0 Å². The molecule has 1 aromatic rings. The van der Waals surface area contributed by atoms with Crippen LogP contribution in [0.1, 0.15) is 32.6 Å². The first kappa shape index (κ1) is 16.0. The van der Waals surface area contributed by atoms with Crippen molar-refractivity contribution in [3.05, 3.63) is 33.3 Å². The van der Waals surface area contributed by atoms with Crippen LogP contribution in [0.4, 0.5) is 11.4 Å². The zero-order valence-electron chi connectivity index (χ0n) is 11.8. The molecule has 1 aliphatic carbocycles. The second-order valence-electron chi connectivity index (χ2n) is 5.39. The van der Waals surface area contributed by atoms with Crippen LogP contribution in [0.3, 0.4) is 0 Å². The maximum Gasteiger partial charge on any atom is 0.271 e. The third-order valence-electron chi connectivity index (χ3n) is 3.84. The summed E-state index contributed by atoms with van der Waals surface area (Å²) < 4.78 is 0. The van der Waals surface area contributed by atoms with Gasteiger partial charge in [0.2, 0.25) is 0 Å². The van der Waals surface area contributed by atoms with Gasteiger partial charge >= 0.3 is 0 Å². The largest absolute Gasteiger partial charge is 0.359 e. The Morgan fingerprint density at radius 3 is 2.81 bits per heavy atom. The molecule has 0 spiro atoms. The van der Waals surface area contributed by atoms with Crippen molar-refractivity contribution < 1.29 is 4.92 Å². The van der Waals surface area contributed by atoms with Gasteiger partial charge in [0, 0.05) is 18.2 Å². The van der Waals surface area contributed by atoms with Crippen LogP contribution >= 0.6 is 23.8 Å². The van der Waals surface area contributed by atoms with Crippen molar-refractivity contribution in [2.45, 2.75) is 38.6 Å². The van der Waals surface area contributed by atoms with E-state index in [0.29, 0.717) is 27.8 Å². The zero-order chi connectivity index (χ0) is 15.4. The van der Waals surface area contributed by atoms with Crippen molar-refractivity contribution >= 4 is 40.3 Å². The molecule has 21 heavy (non-hydrogen) atoms. The van der Waals surface area contributed by atoms with Crippen LogP contribution in [-0.2, 0) is 0 Å². The lowest BCUT2D eigenvalue weighted by Crippen LogP contribution is -2.43. The van der Waals surface area contributed by atoms with Crippen molar-refractivity contribution in [1.29, 1.82) is 0 Å². The molecular formula is C14H18ClN3O2S. The van der Waals surface area contributed by atoms with Crippen LogP contribution < -0.4 is 10.6 Å². The lowest BCUT2D eigenvalue weighted by molar-refractivity contribution is -0.384. The standard InChI is InChI=1S/C14H18ClN3O2S/c1-9-4-2-3-5-12(9)16-14(21)17-13-8-10(18(19)20)6-7-11(13)15/h6-9,12H,2-5H2,1H3,(H2,16,17,21). The molecule has 0 heterocycles. The molecule has 1 saturated carbocycles. The fourth-order valence-corrected chi connectivity index (χ4v) is 3.01. The van der Waals surface area contributed by atoms with Gasteiger partial charge < -0.3 is 10.6 Å². The van der Waals surface area contributed by atoms with Crippen LogP contribution in [-0.4, -0.2) is 16.1 Å². The lowest BCUT2D eigenvalue weighted by Gasteiger charge is -2.30. The minimum Gasteiger partial charge on any atom is -0.359 e. The fourth-order valence-electron chi connectivity index (χ4n) is 2.58. The quantitative estimate of drug-likeness (QED) is 0.496. The number of nitro groups is 1. The maximum absolute atomic E-state index is 10.8. The summed E-state index contributed by atoms with van der Waals surface area (Å²) in [5.41, 5.74) is 0.433. The van der Waals surface area contributed by atoms with Crippen LogP contribution in [0.2, 0.25) is 5.02 Å². The zero-order valence-corrected chi connectivity index (χ0v) is 13.3. The number of hydrogen-bond donors (Lipinski definition) is 2. The second kappa shape index (κ2) is 7.04. The number of nitrogens with one attached hydrogen (secondary N) is 2. The third-order valence-corrected chi connectivity index (χ3v) is 4.39. The monoisotopic (exact) mass is 327 g/mol. The Kier molecular flexibility index (Phi) is 5.36.